The van der Waals surface area contributed by atoms with E-state index in [0.29, 0.717) is 5.56 Å². The number of carbonyl (C=O) groups excluding carboxylic acids is 2. The third-order valence-electron chi connectivity index (χ3n) is 3.90. The number of methoxy groups -OCH3 is 1. The van der Waals surface area contributed by atoms with Crippen LogP contribution < -0.4 is 20.5 Å². The summed E-state index contributed by atoms with van der Waals surface area (Å²) >= 11 is 0. The zero-order chi connectivity index (χ0) is 20.8. The van der Waals surface area contributed by atoms with Crippen molar-refractivity contribution in [2.75, 3.05) is 13.7 Å². The van der Waals surface area contributed by atoms with Crippen LogP contribution >= 0.6 is 0 Å². The molecule has 2 aromatic carbocycles. The molecule has 2 rings (SSSR count). The van der Waals surface area contributed by atoms with Gasteiger partial charge in [0.25, 0.3) is 11.8 Å². The largest absolute Gasteiger partial charge is 0.493 e. The second kappa shape index (κ2) is 8.90. The molecule has 0 aromatic heterocycles. The van der Waals surface area contributed by atoms with Gasteiger partial charge in [-0.25, -0.2) is 4.79 Å². The number of nitrogens with one attached hydrogen (secondary N) is 1. The number of hydrogen-bond acceptors (Lipinski definition) is 5. The molecule has 1 atom stereocenters. The zero-order valence-corrected chi connectivity index (χ0v) is 15.8. The molecule has 8 nitrogen and oxygen atoms in total. The number of aliphatic carboxylic acids is 1. The van der Waals surface area contributed by atoms with Crippen molar-refractivity contribution >= 4 is 17.8 Å². The summed E-state index contributed by atoms with van der Waals surface area (Å²) in [4.78, 5) is 35.2. The molecule has 0 radical (unpaired) electrons. The average Bonchev–Trinajstić information content (AvgIpc) is 2.62. The molecule has 0 saturated heterocycles. The SMILES string of the molecule is COc1cc(C(=O)NC(C(=O)O)c2cc(C)cc(C)c2)ccc1OCC(N)=O. The summed E-state index contributed by atoms with van der Waals surface area (Å²) in [6, 6.07) is 8.42. The maximum absolute atomic E-state index is 12.6. The molecule has 8 heteroatoms. The topological polar surface area (TPSA) is 128 Å². The number of carboxylic acids is 1. The van der Waals surface area contributed by atoms with Gasteiger partial charge in [-0.15, -0.1) is 0 Å². The first-order chi connectivity index (χ1) is 13.2. The van der Waals surface area contributed by atoms with Crippen LogP contribution in [0, 0.1) is 13.8 Å². The molecule has 1 unspecified atom stereocenters. The van der Waals surface area contributed by atoms with E-state index in [2.05, 4.69) is 5.32 Å². The Morgan fingerprint density at radius 3 is 2.25 bits per heavy atom. The van der Waals surface area contributed by atoms with Gasteiger partial charge >= 0.3 is 5.97 Å². The molecule has 148 valence electrons. The molecule has 0 saturated carbocycles. The van der Waals surface area contributed by atoms with Gasteiger partial charge in [0.1, 0.15) is 0 Å². The molecule has 0 aliphatic carbocycles. The first-order valence-electron chi connectivity index (χ1n) is 8.42. The van der Waals surface area contributed by atoms with Crippen molar-refractivity contribution < 1.29 is 29.0 Å². The predicted octanol–water partition coefficient (Wildman–Crippen LogP) is 1.73. The summed E-state index contributed by atoms with van der Waals surface area (Å²) in [5.74, 6) is -1.96. The van der Waals surface area contributed by atoms with Crippen LogP contribution in [0.2, 0.25) is 0 Å². The Balaban J connectivity index is 2.26. The highest BCUT2D eigenvalue weighted by atomic mass is 16.5. The van der Waals surface area contributed by atoms with Crippen LogP contribution in [0.1, 0.15) is 33.1 Å². The third kappa shape index (κ3) is 5.23. The van der Waals surface area contributed by atoms with Gasteiger partial charge in [0, 0.05) is 5.56 Å². The molecule has 2 aromatic rings. The van der Waals surface area contributed by atoms with E-state index in [-0.39, 0.29) is 23.7 Å². The predicted molar refractivity (Wildman–Crippen MR) is 101 cm³/mol. The monoisotopic (exact) mass is 386 g/mol. The Labute approximate surface area is 162 Å². The minimum absolute atomic E-state index is 0.180. The molecule has 0 bridgehead atoms. The fourth-order valence-electron chi connectivity index (χ4n) is 2.76. The van der Waals surface area contributed by atoms with Crippen molar-refractivity contribution in [1.82, 2.24) is 5.32 Å². The molecule has 0 aliphatic rings. The Morgan fingerprint density at radius 1 is 1.07 bits per heavy atom. The van der Waals surface area contributed by atoms with E-state index in [1.807, 2.05) is 19.9 Å². The standard InChI is InChI=1S/C20H22N2O6/c1-11-6-12(2)8-14(7-11)18(20(25)26)22-19(24)13-4-5-15(16(9-13)27-3)28-10-17(21)23/h4-9,18H,10H2,1-3H3,(H2,21,23)(H,22,24)(H,25,26). The Bertz CT molecular complexity index is 889. The minimum Gasteiger partial charge on any atom is -0.493 e. The molecule has 0 aliphatic heterocycles. The number of ether oxygens (including phenoxy) is 2. The van der Waals surface area contributed by atoms with Gasteiger partial charge < -0.3 is 25.6 Å². The van der Waals surface area contributed by atoms with E-state index in [1.54, 1.807) is 12.1 Å². The number of amides is 2. The average molecular weight is 386 g/mol. The fourth-order valence-corrected chi connectivity index (χ4v) is 2.76. The Hall–Kier alpha value is -3.55. The van der Waals surface area contributed by atoms with Crippen LogP contribution in [0.4, 0.5) is 0 Å². The smallest absolute Gasteiger partial charge is 0.330 e. The lowest BCUT2D eigenvalue weighted by atomic mass is 10.0. The summed E-state index contributed by atoms with van der Waals surface area (Å²) in [5, 5.41) is 12.1. The number of aryl methyl sites for hydroxylation is 2. The van der Waals surface area contributed by atoms with Gasteiger partial charge in [-0.3, -0.25) is 9.59 Å². The van der Waals surface area contributed by atoms with Crippen LogP contribution in [0.3, 0.4) is 0 Å². The number of carboxylic acid groups (broad SMARTS) is 1. The van der Waals surface area contributed by atoms with E-state index in [0.717, 1.165) is 11.1 Å². The van der Waals surface area contributed by atoms with E-state index >= 15 is 0 Å². The lowest BCUT2D eigenvalue weighted by Crippen LogP contribution is -2.33. The normalized spacial score (nSPS) is 11.4. The molecule has 2 amide bonds. The van der Waals surface area contributed by atoms with Gasteiger partial charge in [0.15, 0.2) is 24.1 Å². The first kappa shape index (κ1) is 20.8. The second-order valence-electron chi connectivity index (χ2n) is 6.29. The van der Waals surface area contributed by atoms with Crippen molar-refractivity contribution in [1.29, 1.82) is 0 Å². The maximum atomic E-state index is 12.6. The summed E-state index contributed by atoms with van der Waals surface area (Å²) in [5.41, 5.74) is 7.50. The van der Waals surface area contributed by atoms with Gasteiger partial charge in [-0.2, -0.15) is 0 Å². The highest BCUT2D eigenvalue weighted by molar-refractivity contribution is 5.97. The van der Waals surface area contributed by atoms with Crippen LogP contribution in [-0.4, -0.2) is 36.6 Å². The van der Waals surface area contributed by atoms with Gasteiger partial charge in [-0.05, 0) is 37.6 Å². The minimum atomic E-state index is -1.21. The van der Waals surface area contributed by atoms with Gasteiger partial charge in [-0.1, -0.05) is 29.3 Å². The first-order valence-corrected chi connectivity index (χ1v) is 8.42. The summed E-state index contributed by atoms with van der Waals surface area (Å²) in [6.45, 7) is 3.37. The van der Waals surface area contributed by atoms with E-state index in [1.165, 1.54) is 25.3 Å². The van der Waals surface area contributed by atoms with Crippen LogP contribution in [-0.2, 0) is 9.59 Å². The lowest BCUT2D eigenvalue weighted by molar-refractivity contribution is -0.139. The third-order valence-corrected chi connectivity index (χ3v) is 3.90. The Kier molecular flexibility index (Phi) is 6.59. The van der Waals surface area contributed by atoms with Crippen molar-refractivity contribution in [3.8, 4) is 11.5 Å². The maximum Gasteiger partial charge on any atom is 0.330 e. The van der Waals surface area contributed by atoms with Crippen molar-refractivity contribution in [3.63, 3.8) is 0 Å². The molecule has 4 N–H and O–H groups in total. The lowest BCUT2D eigenvalue weighted by Gasteiger charge is -2.17. The molecular formula is C20H22N2O6. The number of nitrogens with two attached hydrogens (primary N) is 1. The quantitative estimate of drug-likeness (QED) is 0.634. The summed E-state index contributed by atoms with van der Waals surface area (Å²) in [7, 11) is 1.38. The van der Waals surface area contributed by atoms with Gasteiger partial charge in [0.05, 0.1) is 7.11 Å². The van der Waals surface area contributed by atoms with Crippen LogP contribution in [0.15, 0.2) is 36.4 Å². The molecule has 0 heterocycles. The highest BCUT2D eigenvalue weighted by Crippen LogP contribution is 2.28. The van der Waals surface area contributed by atoms with Crippen molar-refractivity contribution in [3.05, 3.63) is 58.7 Å². The summed E-state index contributed by atoms with van der Waals surface area (Å²) in [6.07, 6.45) is 0. The molecular weight excluding hydrogens is 364 g/mol. The highest BCUT2D eigenvalue weighted by Gasteiger charge is 2.24. The number of benzene rings is 2. The van der Waals surface area contributed by atoms with E-state index in [4.69, 9.17) is 15.2 Å². The second-order valence-corrected chi connectivity index (χ2v) is 6.29. The van der Waals surface area contributed by atoms with Crippen molar-refractivity contribution in [2.45, 2.75) is 19.9 Å². The van der Waals surface area contributed by atoms with E-state index in [9.17, 15) is 19.5 Å². The molecule has 0 spiro atoms. The van der Waals surface area contributed by atoms with Crippen molar-refractivity contribution in [2.24, 2.45) is 5.73 Å². The molecule has 28 heavy (non-hydrogen) atoms. The number of rotatable bonds is 8. The molecule has 0 fully saturated rings. The number of carbonyl (C=O) groups is 3. The van der Waals surface area contributed by atoms with Crippen LogP contribution in [0.5, 0.6) is 11.5 Å². The fraction of sp³-hybridized carbons (Fsp3) is 0.250. The zero-order valence-electron chi connectivity index (χ0n) is 15.8. The van der Waals surface area contributed by atoms with Crippen LogP contribution in [0.25, 0.3) is 0 Å². The van der Waals surface area contributed by atoms with E-state index < -0.39 is 23.8 Å². The Morgan fingerprint density at radius 2 is 1.71 bits per heavy atom. The van der Waals surface area contributed by atoms with Gasteiger partial charge in [0.2, 0.25) is 0 Å². The number of primary amides is 1. The summed E-state index contributed by atoms with van der Waals surface area (Å²) < 4.78 is 10.4. The number of hydrogen-bond donors (Lipinski definition) is 3.